The van der Waals surface area contributed by atoms with Gasteiger partial charge in [0.1, 0.15) is 0 Å². The van der Waals surface area contributed by atoms with Crippen molar-refractivity contribution in [3.05, 3.63) is 28.8 Å². The molecule has 23 heavy (non-hydrogen) atoms. The Balaban J connectivity index is 2.11. The highest BCUT2D eigenvalue weighted by Crippen LogP contribution is 2.28. The lowest BCUT2D eigenvalue weighted by Crippen LogP contribution is -2.13. The summed E-state index contributed by atoms with van der Waals surface area (Å²) in [6.07, 6.45) is 12.8. The number of carbonyl (C=O) groups excluding carboxylic acids is 1. The summed E-state index contributed by atoms with van der Waals surface area (Å²) in [5, 5.41) is 0.438. The second kappa shape index (κ2) is 12.2. The largest absolute Gasteiger partial charge is 0.491 e. The molecule has 0 aromatic heterocycles. The first kappa shape index (κ1) is 19.8. The van der Waals surface area contributed by atoms with Gasteiger partial charge >= 0.3 is 0 Å². The fourth-order valence-corrected chi connectivity index (χ4v) is 2.84. The predicted octanol–water partition coefficient (Wildman–Crippen LogP) is 5.74. The molecule has 0 fully saturated rings. The molecule has 0 atom stereocenters. The maximum atomic E-state index is 11.4. The summed E-state index contributed by atoms with van der Waals surface area (Å²) in [6, 6.07) is 5.06. The topological polar surface area (TPSA) is 52.3 Å². The molecule has 130 valence electrons. The van der Waals surface area contributed by atoms with Gasteiger partial charge < -0.3 is 10.5 Å². The maximum Gasteiger partial charge on any atom is 0.252 e. The average Bonchev–Trinajstić information content (AvgIpc) is 2.53. The highest BCUT2D eigenvalue weighted by atomic mass is 35.5. The van der Waals surface area contributed by atoms with E-state index < -0.39 is 5.91 Å². The van der Waals surface area contributed by atoms with E-state index >= 15 is 0 Å². The summed E-state index contributed by atoms with van der Waals surface area (Å²) in [4.78, 5) is 11.4. The van der Waals surface area contributed by atoms with Crippen LogP contribution in [0.5, 0.6) is 5.75 Å². The van der Waals surface area contributed by atoms with Gasteiger partial charge in [-0.15, -0.1) is 0 Å². The number of halogens is 1. The minimum atomic E-state index is -0.509. The van der Waals surface area contributed by atoms with Crippen molar-refractivity contribution in [2.24, 2.45) is 5.73 Å². The molecule has 0 radical (unpaired) electrons. The fourth-order valence-electron chi connectivity index (χ4n) is 2.61. The van der Waals surface area contributed by atoms with Gasteiger partial charge in [-0.3, -0.25) is 4.79 Å². The molecule has 0 aliphatic carbocycles. The molecular formula is C19H30ClNO2. The maximum absolute atomic E-state index is 11.4. The zero-order valence-electron chi connectivity index (χ0n) is 14.3. The summed E-state index contributed by atoms with van der Waals surface area (Å²) in [6.45, 7) is 2.82. The van der Waals surface area contributed by atoms with Gasteiger partial charge in [-0.25, -0.2) is 0 Å². The van der Waals surface area contributed by atoms with Crippen molar-refractivity contribution in [2.75, 3.05) is 6.61 Å². The highest BCUT2D eigenvalue weighted by molar-refractivity contribution is 6.32. The molecule has 3 nitrogen and oxygen atoms in total. The van der Waals surface area contributed by atoms with Crippen LogP contribution in [0.3, 0.4) is 0 Å². The summed E-state index contributed by atoms with van der Waals surface area (Å²) in [5.74, 6) is -0.0943. The molecule has 0 saturated heterocycles. The normalized spacial score (nSPS) is 10.7. The lowest BCUT2D eigenvalue weighted by Gasteiger charge is -2.11. The summed E-state index contributed by atoms with van der Waals surface area (Å²) in [7, 11) is 0. The Hall–Kier alpha value is -1.22. The molecule has 0 heterocycles. The van der Waals surface area contributed by atoms with Gasteiger partial charge in [0.15, 0.2) is 5.75 Å². The van der Waals surface area contributed by atoms with Crippen molar-refractivity contribution in [1.29, 1.82) is 0 Å². The van der Waals surface area contributed by atoms with Crippen molar-refractivity contribution in [3.63, 3.8) is 0 Å². The third-order valence-corrected chi connectivity index (χ3v) is 4.27. The van der Waals surface area contributed by atoms with E-state index in [0.717, 1.165) is 12.8 Å². The third kappa shape index (κ3) is 8.26. The van der Waals surface area contributed by atoms with E-state index in [2.05, 4.69) is 6.92 Å². The van der Waals surface area contributed by atoms with E-state index in [-0.39, 0.29) is 0 Å². The summed E-state index contributed by atoms with van der Waals surface area (Å²) < 4.78 is 5.67. The number of benzene rings is 1. The molecule has 1 aromatic rings. The van der Waals surface area contributed by atoms with Gasteiger partial charge in [0.25, 0.3) is 5.91 Å². The average molecular weight is 340 g/mol. The van der Waals surface area contributed by atoms with Gasteiger partial charge in [-0.05, 0) is 18.6 Å². The molecule has 2 N–H and O–H groups in total. The van der Waals surface area contributed by atoms with Crippen LogP contribution < -0.4 is 10.5 Å². The number of rotatable bonds is 13. The molecule has 0 unspecified atom stereocenters. The Morgan fingerprint density at radius 2 is 1.57 bits per heavy atom. The lowest BCUT2D eigenvalue weighted by atomic mass is 10.1. The van der Waals surface area contributed by atoms with Gasteiger partial charge in [0.2, 0.25) is 0 Å². The van der Waals surface area contributed by atoms with Crippen LogP contribution in [0, 0.1) is 0 Å². The van der Waals surface area contributed by atoms with Crippen LogP contribution >= 0.6 is 11.6 Å². The van der Waals surface area contributed by atoms with Gasteiger partial charge in [0, 0.05) is 0 Å². The number of unbranched alkanes of at least 4 members (excludes halogenated alkanes) is 9. The Kier molecular flexibility index (Phi) is 10.5. The Labute approximate surface area is 145 Å². The molecule has 1 aromatic carbocycles. The summed E-state index contributed by atoms with van der Waals surface area (Å²) in [5.41, 5.74) is 5.69. The first-order valence-corrected chi connectivity index (χ1v) is 9.25. The quantitative estimate of drug-likeness (QED) is 0.466. The third-order valence-electron chi connectivity index (χ3n) is 3.98. The Morgan fingerprint density at radius 1 is 1.00 bits per heavy atom. The van der Waals surface area contributed by atoms with Crippen LogP contribution in [0.2, 0.25) is 5.02 Å². The van der Waals surface area contributed by atoms with Crippen molar-refractivity contribution in [3.8, 4) is 5.75 Å². The molecule has 0 aliphatic heterocycles. The minimum absolute atomic E-state index is 0.351. The number of hydrogen-bond donors (Lipinski definition) is 1. The monoisotopic (exact) mass is 339 g/mol. The number of ether oxygens (including phenoxy) is 1. The second-order valence-corrected chi connectivity index (χ2v) is 6.42. The van der Waals surface area contributed by atoms with Gasteiger partial charge in [0.05, 0.1) is 17.2 Å². The van der Waals surface area contributed by atoms with Gasteiger partial charge in [-0.1, -0.05) is 82.4 Å². The first-order chi connectivity index (χ1) is 11.2. The Bertz CT molecular complexity index is 463. The van der Waals surface area contributed by atoms with E-state index in [0.29, 0.717) is 22.9 Å². The first-order valence-electron chi connectivity index (χ1n) is 8.88. The van der Waals surface area contributed by atoms with Crippen molar-refractivity contribution >= 4 is 17.5 Å². The Morgan fingerprint density at radius 3 is 2.13 bits per heavy atom. The van der Waals surface area contributed by atoms with E-state index in [4.69, 9.17) is 22.1 Å². The predicted molar refractivity (Wildman–Crippen MR) is 97.3 cm³/mol. The van der Waals surface area contributed by atoms with Crippen LogP contribution in [0.25, 0.3) is 0 Å². The highest BCUT2D eigenvalue weighted by Gasteiger charge is 2.12. The fraction of sp³-hybridized carbons (Fsp3) is 0.632. The summed E-state index contributed by atoms with van der Waals surface area (Å²) >= 11 is 6.07. The zero-order chi connectivity index (χ0) is 16.9. The van der Waals surface area contributed by atoms with Crippen LogP contribution in [0.1, 0.15) is 81.5 Å². The number of nitrogens with two attached hydrogens (primary N) is 1. The number of amides is 1. The van der Waals surface area contributed by atoms with Crippen LogP contribution in [0.15, 0.2) is 18.2 Å². The lowest BCUT2D eigenvalue weighted by molar-refractivity contribution is 0.0996. The van der Waals surface area contributed by atoms with Crippen LogP contribution in [0.4, 0.5) is 0 Å². The van der Waals surface area contributed by atoms with E-state index in [9.17, 15) is 4.79 Å². The number of para-hydroxylation sites is 1. The molecule has 0 saturated carbocycles. The number of carbonyl (C=O) groups is 1. The van der Waals surface area contributed by atoms with Crippen molar-refractivity contribution in [1.82, 2.24) is 0 Å². The molecule has 4 heteroatoms. The SMILES string of the molecule is CCCCCCCCCCCCOc1c(Cl)cccc1C(N)=O. The molecular weight excluding hydrogens is 310 g/mol. The van der Waals surface area contributed by atoms with E-state index in [1.54, 1.807) is 18.2 Å². The van der Waals surface area contributed by atoms with E-state index in [1.807, 2.05) is 0 Å². The van der Waals surface area contributed by atoms with E-state index in [1.165, 1.54) is 51.4 Å². The van der Waals surface area contributed by atoms with Crippen molar-refractivity contribution < 1.29 is 9.53 Å². The number of primary amides is 1. The minimum Gasteiger partial charge on any atom is -0.491 e. The standard InChI is InChI=1S/C19H30ClNO2/c1-2-3-4-5-6-7-8-9-10-11-15-23-18-16(19(21)22)13-12-14-17(18)20/h12-14H,2-11,15H2,1H3,(H2,21,22). The molecule has 0 aliphatic rings. The molecule has 1 amide bonds. The molecule has 0 bridgehead atoms. The zero-order valence-corrected chi connectivity index (χ0v) is 15.0. The van der Waals surface area contributed by atoms with Crippen LogP contribution in [-0.4, -0.2) is 12.5 Å². The molecule has 0 spiro atoms. The second-order valence-electron chi connectivity index (χ2n) is 6.01. The van der Waals surface area contributed by atoms with Crippen molar-refractivity contribution in [2.45, 2.75) is 71.1 Å². The molecule has 1 rings (SSSR count). The smallest absolute Gasteiger partial charge is 0.252 e. The van der Waals surface area contributed by atoms with Gasteiger partial charge in [-0.2, -0.15) is 0 Å². The van der Waals surface area contributed by atoms with Crippen LogP contribution in [-0.2, 0) is 0 Å². The number of hydrogen-bond acceptors (Lipinski definition) is 2.